The van der Waals surface area contributed by atoms with E-state index in [1.807, 2.05) is 30.7 Å². The maximum atomic E-state index is 5.30. The van der Waals surface area contributed by atoms with E-state index in [1.165, 1.54) is 31.5 Å². The molecule has 2 N–H and O–H groups in total. The number of fused-ring (bicyclic) bond motifs is 2. The van der Waals surface area contributed by atoms with Crippen LogP contribution in [0.4, 0.5) is 0 Å². The van der Waals surface area contributed by atoms with Crippen LogP contribution in [0.2, 0.25) is 0 Å². The van der Waals surface area contributed by atoms with Gasteiger partial charge >= 0.3 is 0 Å². The summed E-state index contributed by atoms with van der Waals surface area (Å²) in [6.45, 7) is 3.31. The predicted octanol–water partition coefficient (Wildman–Crippen LogP) is 6.02. The number of nitrogens with one attached hydrogen (secondary N) is 2. The molecule has 7 nitrogen and oxygen atoms in total. The standard InChI is InChI=1S/C28H24N6O/c1-2-9-34(8-1)16-18-11-21(15-29-14-18)19-3-4-25-24(12-19)27(33-32-25)26-13-23-22(20-6-10-35-17-20)5-7-30-28(23)31-26/h3-7,10-15,17H,1-2,8-9,16H2,(H,30,31)(H,32,33). The smallest absolute Gasteiger partial charge is 0.138 e. The van der Waals surface area contributed by atoms with Crippen LogP contribution in [0.1, 0.15) is 18.4 Å². The van der Waals surface area contributed by atoms with Crippen molar-refractivity contribution in [1.29, 1.82) is 0 Å². The first-order valence-electron chi connectivity index (χ1n) is 12.0. The molecule has 1 aliphatic rings. The van der Waals surface area contributed by atoms with Crippen LogP contribution in [0.15, 0.2) is 78.0 Å². The fourth-order valence-corrected chi connectivity index (χ4v) is 5.15. The minimum Gasteiger partial charge on any atom is -0.472 e. The van der Waals surface area contributed by atoms with Crippen LogP contribution in [-0.4, -0.2) is 43.1 Å². The second-order valence-corrected chi connectivity index (χ2v) is 9.21. The molecular formula is C28H24N6O. The Morgan fingerprint density at radius 1 is 0.914 bits per heavy atom. The Kier molecular flexibility index (Phi) is 4.73. The zero-order valence-corrected chi connectivity index (χ0v) is 19.2. The van der Waals surface area contributed by atoms with Crippen LogP contribution in [0.3, 0.4) is 0 Å². The highest BCUT2D eigenvalue weighted by Crippen LogP contribution is 2.34. The molecule has 0 unspecified atom stereocenters. The molecule has 6 aromatic rings. The molecule has 35 heavy (non-hydrogen) atoms. The summed E-state index contributed by atoms with van der Waals surface area (Å²) in [5, 5.41) is 9.93. The second kappa shape index (κ2) is 8.21. The maximum Gasteiger partial charge on any atom is 0.138 e. The van der Waals surface area contributed by atoms with Crippen molar-refractivity contribution in [3.05, 3.63) is 79.1 Å². The molecule has 0 bridgehead atoms. The van der Waals surface area contributed by atoms with E-state index in [2.05, 4.69) is 60.4 Å². The lowest BCUT2D eigenvalue weighted by Gasteiger charge is -2.14. The van der Waals surface area contributed by atoms with E-state index in [1.54, 1.807) is 12.5 Å². The molecule has 0 radical (unpaired) electrons. The zero-order valence-electron chi connectivity index (χ0n) is 19.2. The first-order valence-corrected chi connectivity index (χ1v) is 12.0. The molecule has 1 aromatic carbocycles. The number of pyridine rings is 2. The fourth-order valence-electron chi connectivity index (χ4n) is 5.15. The van der Waals surface area contributed by atoms with Gasteiger partial charge in [-0.1, -0.05) is 6.07 Å². The second-order valence-electron chi connectivity index (χ2n) is 9.21. The summed E-state index contributed by atoms with van der Waals surface area (Å²) in [6, 6.07) is 14.8. The van der Waals surface area contributed by atoms with Gasteiger partial charge in [0.2, 0.25) is 0 Å². The van der Waals surface area contributed by atoms with Gasteiger partial charge in [0.15, 0.2) is 0 Å². The fraction of sp³-hybridized carbons (Fsp3) is 0.179. The molecule has 0 atom stereocenters. The third kappa shape index (κ3) is 3.61. The van der Waals surface area contributed by atoms with Gasteiger partial charge < -0.3 is 9.40 Å². The van der Waals surface area contributed by atoms with Crippen LogP contribution in [0, 0.1) is 0 Å². The van der Waals surface area contributed by atoms with E-state index in [4.69, 9.17) is 4.42 Å². The van der Waals surface area contributed by atoms with Gasteiger partial charge in [0.25, 0.3) is 0 Å². The van der Waals surface area contributed by atoms with Gasteiger partial charge in [-0.05, 0) is 79.0 Å². The molecule has 172 valence electrons. The Morgan fingerprint density at radius 3 is 2.74 bits per heavy atom. The van der Waals surface area contributed by atoms with Crippen LogP contribution < -0.4 is 0 Å². The zero-order chi connectivity index (χ0) is 23.2. The number of aromatic nitrogens is 5. The molecule has 0 saturated carbocycles. The minimum atomic E-state index is 0.824. The van der Waals surface area contributed by atoms with E-state index in [9.17, 15) is 0 Å². The Hall–Kier alpha value is -4.23. The van der Waals surface area contributed by atoms with Crippen molar-refractivity contribution in [3.63, 3.8) is 0 Å². The predicted molar refractivity (Wildman–Crippen MR) is 137 cm³/mol. The van der Waals surface area contributed by atoms with Gasteiger partial charge in [-0.25, -0.2) is 4.98 Å². The normalized spacial score (nSPS) is 14.4. The number of nitrogens with zero attached hydrogens (tertiary/aromatic N) is 4. The van der Waals surface area contributed by atoms with Crippen molar-refractivity contribution in [2.75, 3.05) is 13.1 Å². The quantitative estimate of drug-likeness (QED) is 0.328. The molecule has 0 spiro atoms. The van der Waals surface area contributed by atoms with E-state index in [0.29, 0.717) is 0 Å². The summed E-state index contributed by atoms with van der Waals surface area (Å²) < 4.78 is 5.30. The van der Waals surface area contributed by atoms with Crippen LogP contribution in [-0.2, 0) is 6.54 Å². The van der Waals surface area contributed by atoms with Crippen molar-refractivity contribution < 1.29 is 4.42 Å². The van der Waals surface area contributed by atoms with Gasteiger partial charge in [0, 0.05) is 47.0 Å². The molecule has 1 saturated heterocycles. The average molecular weight is 461 g/mol. The summed E-state index contributed by atoms with van der Waals surface area (Å²) in [5.74, 6) is 0. The lowest BCUT2D eigenvalue weighted by Crippen LogP contribution is -2.18. The first-order chi connectivity index (χ1) is 17.3. The molecule has 5 aromatic heterocycles. The molecule has 6 heterocycles. The van der Waals surface area contributed by atoms with E-state index in [-0.39, 0.29) is 0 Å². The van der Waals surface area contributed by atoms with Gasteiger partial charge in [-0.3, -0.25) is 15.0 Å². The van der Waals surface area contributed by atoms with Crippen molar-refractivity contribution in [1.82, 2.24) is 30.0 Å². The molecule has 0 aliphatic carbocycles. The molecule has 7 rings (SSSR count). The Balaban J connectivity index is 1.28. The molecule has 0 amide bonds. The number of H-pyrrole nitrogens is 2. The van der Waals surface area contributed by atoms with Crippen molar-refractivity contribution in [2.45, 2.75) is 19.4 Å². The summed E-state index contributed by atoms with van der Waals surface area (Å²) in [6.07, 6.45) is 11.8. The van der Waals surface area contributed by atoms with Crippen molar-refractivity contribution in [2.24, 2.45) is 0 Å². The van der Waals surface area contributed by atoms with E-state index in [0.717, 1.165) is 62.1 Å². The largest absolute Gasteiger partial charge is 0.472 e. The highest BCUT2D eigenvalue weighted by Gasteiger charge is 2.16. The van der Waals surface area contributed by atoms with Crippen molar-refractivity contribution in [3.8, 4) is 33.6 Å². The monoisotopic (exact) mass is 460 g/mol. The molecule has 1 aliphatic heterocycles. The highest BCUT2D eigenvalue weighted by atomic mass is 16.3. The third-order valence-electron chi connectivity index (χ3n) is 6.92. The third-order valence-corrected chi connectivity index (χ3v) is 6.92. The summed E-state index contributed by atoms with van der Waals surface area (Å²) in [4.78, 5) is 15.0. The molecule has 1 fully saturated rings. The van der Waals surface area contributed by atoms with Crippen LogP contribution in [0.5, 0.6) is 0 Å². The summed E-state index contributed by atoms with van der Waals surface area (Å²) in [7, 11) is 0. The Morgan fingerprint density at radius 2 is 1.86 bits per heavy atom. The first kappa shape index (κ1) is 20.2. The van der Waals surface area contributed by atoms with Gasteiger partial charge in [0.05, 0.1) is 23.7 Å². The lowest BCUT2D eigenvalue weighted by molar-refractivity contribution is 0.331. The number of hydrogen-bond donors (Lipinski definition) is 2. The van der Waals surface area contributed by atoms with E-state index >= 15 is 0 Å². The number of benzene rings is 1. The minimum absolute atomic E-state index is 0.824. The topological polar surface area (TPSA) is 86.6 Å². The molecular weight excluding hydrogens is 436 g/mol. The number of hydrogen-bond acceptors (Lipinski definition) is 5. The number of furan rings is 1. The maximum absolute atomic E-state index is 5.30. The van der Waals surface area contributed by atoms with Gasteiger partial charge in [-0.2, -0.15) is 5.10 Å². The number of aromatic amines is 2. The number of rotatable bonds is 5. The average Bonchev–Trinajstić information content (AvgIpc) is 3.70. The summed E-state index contributed by atoms with van der Waals surface area (Å²) in [5.41, 5.74) is 9.22. The molecule has 7 heteroatoms. The number of likely N-dealkylation sites (tertiary alicyclic amines) is 1. The van der Waals surface area contributed by atoms with Gasteiger partial charge in [-0.15, -0.1) is 0 Å². The Labute approximate surface area is 201 Å². The highest BCUT2D eigenvalue weighted by molar-refractivity contribution is 6.00. The lowest BCUT2D eigenvalue weighted by atomic mass is 10.0. The van der Waals surface area contributed by atoms with Crippen LogP contribution in [0.25, 0.3) is 55.6 Å². The van der Waals surface area contributed by atoms with Crippen LogP contribution >= 0.6 is 0 Å². The van der Waals surface area contributed by atoms with Crippen molar-refractivity contribution >= 4 is 21.9 Å². The Bertz CT molecular complexity index is 1640. The summed E-state index contributed by atoms with van der Waals surface area (Å²) >= 11 is 0. The van der Waals surface area contributed by atoms with Gasteiger partial charge in [0.1, 0.15) is 11.3 Å². The van der Waals surface area contributed by atoms with E-state index < -0.39 is 0 Å². The SMILES string of the molecule is c1cc(-c2ccoc2)c2cc(-c3n[nH]c4ccc(-c5cncc(CN6CCCC6)c5)cc34)[nH]c2n1.